The normalized spacial score (nSPS) is 16.2. The van der Waals surface area contributed by atoms with E-state index in [1.165, 1.54) is 0 Å². The van der Waals surface area contributed by atoms with Crippen molar-refractivity contribution in [2.24, 2.45) is 11.7 Å². The van der Waals surface area contributed by atoms with Crippen molar-refractivity contribution in [1.29, 1.82) is 0 Å². The van der Waals surface area contributed by atoms with E-state index in [9.17, 15) is 18.0 Å². The summed E-state index contributed by atoms with van der Waals surface area (Å²) in [5, 5.41) is 2.79. The summed E-state index contributed by atoms with van der Waals surface area (Å²) in [5.41, 5.74) is 4.49. The predicted octanol–water partition coefficient (Wildman–Crippen LogP) is 3.25. The number of alkyl halides is 3. The molecule has 1 aromatic heterocycles. The van der Waals surface area contributed by atoms with Gasteiger partial charge >= 0.3 is 6.18 Å². The summed E-state index contributed by atoms with van der Waals surface area (Å²) in [5.74, 6) is 0.119. The molecule has 0 unspecified atom stereocenters. The number of carbonyl (C=O) groups excluding carboxylic acids is 1. The molecular formula is C16H23Cl2F3N4O. The second-order valence-corrected chi connectivity index (χ2v) is 7.40. The van der Waals surface area contributed by atoms with E-state index in [4.69, 9.17) is 17.3 Å². The van der Waals surface area contributed by atoms with Gasteiger partial charge in [-0.1, -0.05) is 11.6 Å². The lowest BCUT2D eigenvalue weighted by molar-refractivity contribution is -0.137. The molecule has 148 valence electrons. The van der Waals surface area contributed by atoms with Crippen LogP contribution in [0.3, 0.4) is 0 Å². The molecule has 3 N–H and O–H groups in total. The zero-order valence-corrected chi connectivity index (χ0v) is 16.1. The second kappa shape index (κ2) is 8.63. The summed E-state index contributed by atoms with van der Waals surface area (Å²) in [6, 6.07) is 0.881. The minimum absolute atomic E-state index is 0. The van der Waals surface area contributed by atoms with E-state index in [-0.39, 0.29) is 29.3 Å². The minimum Gasteiger partial charge on any atom is -0.355 e. The molecule has 1 saturated heterocycles. The SMILES string of the molecule is CC(C)(N)CNC(=O)C1CCN(c2ncc(C(F)(F)F)cc2Cl)CC1.Cl. The van der Waals surface area contributed by atoms with Crippen molar-refractivity contribution in [3.8, 4) is 0 Å². The Morgan fingerprint density at radius 2 is 1.96 bits per heavy atom. The Balaban J connectivity index is 0.00000338. The third kappa shape index (κ3) is 6.17. The summed E-state index contributed by atoms with van der Waals surface area (Å²) >= 11 is 5.97. The number of amides is 1. The fourth-order valence-corrected chi connectivity index (χ4v) is 2.92. The van der Waals surface area contributed by atoms with Crippen molar-refractivity contribution in [1.82, 2.24) is 10.3 Å². The van der Waals surface area contributed by atoms with Gasteiger partial charge in [-0.3, -0.25) is 4.79 Å². The Labute approximate surface area is 161 Å². The van der Waals surface area contributed by atoms with Crippen molar-refractivity contribution in [3.05, 3.63) is 22.8 Å². The van der Waals surface area contributed by atoms with Gasteiger partial charge in [0, 0.05) is 37.3 Å². The van der Waals surface area contributed by atoms with Crippen LogP contribution in [0.1, 0.15) is 32.3 Å². The molecule has 5 nitrogen and oxygen atoms in total. The van der Waals surface area contributed by atoms with Gasteiger partial charge in [-0.2, -0.15) is 13.2 Å². The first kappa shape index (κ1) is 22.8. The van der Waals surface area contributed by atoms with Crippen LogP contribution in [0.25, 0.3) is 0 Å². The first-order valence-electron chi connectivity index (χ1n) is 8.01. The van der Waals surface area contributed by atoms with Crippen LogP contribution >= 0.6 is 24.0 Å². The predicted molar refractivity (Wildman–Crippen MR) is 97.7 cm³/mol. The van der Waals surface area contributed by atoms with Crippen LogP contribution in [0.2, 0.25) is 5.02 Å². The van der Waals surface area contributed by atoms with Gasteiger partial charge in [0.2, 0.25) is 5.91 Å². The smallest absolute Gasteiger partial charge is 0.355 e. The standard InChI is InChI=1S/C16H22ClF3N4O.ClH/c1-15(2,21)9-23-14(25)10-3-5-24(6-4-10)13-12(17)7-11(8-22-13)16(18,19)20;/h7-8,10H,3-6,9,21H2,1-2H3,(H,23,25);1H. The van der Waals surface area contributed by atoms with E-state index in [1.54, 1.807) is 4.90 Å². The Bertz CT molecular complexity index is 627. The van der Waals surface area contributed by atoms with Gasteiger partial charge in [-0.05, 0) is 32.8 Å². The molecule has 0 atom stereocenters. The molecule has 2 heterocycles. The van der Waals surface area contributed by atoms with E-state index in [2.05, 4.69) is 10.3 Å². The highest BCUT2D eigenvalue weighted by Gasteiger charge is 2.33. The van der Waals surface area contributed by atoms with E-state index in [1.807, 2.05) is 13.8 Å². The van der Waals surface area contributed by atoms with Crippen LogP contribution in [0.15, 0.2) is 12.3 Å². The maximum Gasteiger partial charge on any atom is 0.417 e. The largest absolute Gasteiger partial charge is 0.417 e. The van der Waals surface area contributed by atoms with Crippen LogP contribution in [0.5, 0.6) is 0 Å². The summed E-state index contributed by atoms with van der Waals surface area (Å²) in [6.45, 7) is 5.05. The highest BCUT2D eigenvalue weighted by atomic mass is 35.5. The molecule has 0 radical (unpaired) electrons. The number of aromatic nitrogens is 1. The van der Waals surface area contributed by atoms with E-state index in [0.29, 0.717) is 38.3 Å². The number of hydrogen-bond donors (Lipinski definition) is 2. The van der Waals surface area contributed by atoms with E-state index < -0.39 is 17.3 Å². The summed E-state index contributed by atoms with van der Waals surface area (Å²) in [6.07, 6.45) is -2.54. The zero-order valence-electron chi connectivity index (χ0n) is 14.6. The Hall–Kier alpha value is -1.25. The molecule has 1 aliphatic heterocycles. The van der Waals surface area contributed by atoms with Gasteiger partial charge in [0.1, 0.15) is 5.82 Å². The van der Waals surface area contributed by atoms with Gasteiger partial charge in [0.05, 0.1) is 10.6 Å². The number of piperidine rings is 1. The molecule has 0 aliphatic carbocycles. The van der Waals surface area contributed by atoms with Crippen LogP contribution in [0.4, 0.5) is 19.0 Å². The number of carbonyl (C=O) groups is 1. The number of nitrogens with one attached hydrogen (secondary N) is 1. The van der Waals surface area contributed by atoms with Crippen molar-refractivity contribution < 1.29 is 18.0 Å². The number of nitrogens with zero attached hydrogens (tertiary/aromatic N) is 2. The van der Waals surface area contributed by atoms with Gasteiger partial charge in [0.15, 0.2) is 0 Å². The van der Waals surface area contributed by atoms with Crippen LogP contribution in [-0.2, 0) is 11.0 Å². The van der Waals surface area contributed by atoms with Crippen LogP contribution < -0.4 is 16.0 Å². The Morgan fingerprint density at radius 1 is 1.38 bits per heavy atom. The molecule has 0 aromatic carbocycles. The maximum absolute atomic E-state index is 12.7. The minimum atomic E-state index is -4.48. The molecule has 2 rings (SSSR count). The quantitative estimate of drug-likeness (QED) is 0.792. The molecule has 1 amide bonds. The Kier molecular flexibility index (Phi) is 7.56. The first-order chi connectivity index (χ1) is 11.5. The van der Waals surface area contributed by atoms with Gasteiger partial charge in [0.25, 0.3) is 0 Å². The first-order valence-corrected chi connectivity index (χ1v) is 8.39. The van der Waals surface area contributed by atoms with E-state index >= 15 is 0 Å². The van der Waals surface area contributed by atoms with Crippen LogP contribution in [-0.4, -0.2) is 36.1 Å². The highest BCUT2D eigenvalue weighted by molar-refractivity contribution is 6.33. The molecule has 1 aliphatic rings. The van der Waals surface area contributed by atoms with Gasteiger partial charge < -0.3 is 16.0 Å². The van der Waals surface area contributed by atoms with Gasteiger partial charge in [-0.15, -0.1) is 12.4 Å². The summed E-state index contributed by atoms with van der Waals surface area (Å²) in [7, 11) is 0. The third-order valence-corrected chi connectivity index (χ3v) is 4.31. The summed E-state index contributed by atoms with van der Waals surface area (Å²) in [4.78, 5) is 17.8. The average Bonchev–Trinajstić information content (AvgIpc) is 2.51. The van der Waals surface area contributed by atoms with Crippen molar-refractivity contribution >= 4 is 35.7 Å². The highest BCUT2D eigenvalue weighted by Crippen LogP contribution is 2.34. The maximum atomic E-state index is 12.7. The van der Waals surface area contributed by atoms with Crippen molar-refractivity contribution in [2.75, 3.05) is 24.5 Å². The number of nitrogens with two attached hydrogens (primary N) is 1. The molecule has 1 aromatic rings. The van der Waals surface area contributed by atoms with Crippen LogP contribution in [0, 0.1) is 5.92 Å². The zero-order chi connectivity index (χ0) is 18.8. The van der Waals surface area contributed by atoms with Crippen molar-refractivity contribution in [2.45, 2.75) is 38.4 Å². The molecular weight excluding hydrogens is 392 g/mol. The third-order valence-electron chi connectivity index (χ3n) is 4.03. The molecule has 0 bridgehead atoms. The van der Waals surface area contributed by atoms with Gasteiger partial charge in [-0.25, -0.2) is 4.98 Å². The average molecular weight is 415 g/mol. The lowest BCUT2D eigenvalue weighted by Gasteiger charge is -2.33. The topological polar surface area (TPSA) is 71.2 Å². The molecule has 1 fully saturated rings. The monoisotopic (exact) mass is 414 g/mol. The molecule has 0 saturated carbocycles. The number of halogens is 5. The second-order valence-electron chi connectivity index (χ2n) is 6.99. The number of pyridine rings is 1. The number of anilines is 1. The van der Waals surface area contributed by atoms with E-state index in [0.717, 1.165) is 12.3 Å². The fourth-order valence-electron chi connectivity index (χ4n) is 2.63. The molecule has 0 spiro atoms. The number of hydrogen-bond acceptors (Lipinski definition) is 4. The molecule has 26 heavy (non-hydrogen) atoms. The summed E-state index contributed by atoms with van der Waals surface area (Å²) < 4.78 is 38.0. The fraction of sp³-hybridized carbons (Fsp3) is 0.625. The Morgan fingerprint density at radius 3 is 2.42 bits per heavy atom. The number of rotatable bonds is 4. The lowest BCUT2D eigenvalue weighted by Crippen LogP contribution is -2.48. The van der Waals surface area contributed by atoms with Crippen molar-refractivity contribution in [3.63, 3.8) is 0 Å². The lowest BCUT2D eigenvalue weighted by atomic mass is 9.95. The molecule has 10 heteroatoms.